The maximum Gasteiger partial charge on any atom is 0.252 e. The Morgan fingerprint density at radius 1 is 1.53 bits per heavy atom. The van der Waals surface area contributed by atoms with Crippen molar-refractivity contribution in [2.24, 2.45) is 11.7 Å². The summed E-state index contributed by atoms with van der Waals surface area (Å²) in [6.07, 6.45) is 0. The molecule has 1 aromatic carbocycles. The number of halogens is 2. The highest BCUT2D eigenvalue weighted by Gasteiger charge is 2.12. The second kappa shape index (κ2) is 6.47. The average molecular weight is 380 g/mol. The summed E-state index contributed by atoms with van der Waals surface area (Å²) >= 11 is 11.5. The number of rotatable bonds is 4. The van der Waals surface area contributed by atoms with E-state index in [0.717, 1.165) is 8.95 Å². The van der Waals surface area contributed by atoms with E-state index in [1.807, 2.05) is 19.1 Å². The summed E-state index contributed by atoms with van der Waals surface area (Å²) in [6.45, 7) is 2.32. The molecule has 0 heterocycles. The number of nitrogens with one attached hydrogen (secondary N) is 1. The second-order valence-electron chi connectivity index (χ2n) is 3.64. The number of thiocarbonyl (C=S) groups is 1. The fourth-order valence-electron chi connectivity index (χ4n) is 1.12. The molecule has 1 aromatic rings. The van der Waals surface area contributed by atoms with Gasteiger partial charge in [0.15, 0.2) is 0 Å². The van der Waals surface area contributed by atoms with Crippen LogP contribution in [0.25, 0.3) is 0 Å². The Morgan fingerprint density at radius 3 is 2.71 bits per heavy atom. The lowest BCUT2D eigenvalue weighted by molar-refractivity contribution is 0.0950. The van der Waals surface area contributed by atoms with Gasteiger partial charge in [-0.1, -0.05) is 35.1 Å². The van der Waals surface area contributed by atoms with E-state index >= 15 is 0 Å². The van der Waals surface area contributed by atoms with Crippen LogP contribution in [0, 0.1) is 5.92 Å². The monoisotopic (exact) mass is 378 g/mol. The maximum atomic E-state index is 11.9. The van der Waals surface area contributed by atoms with Gasteiger partial charge in [-0.3, -0.25) is 4.79 Å². The molecule has 1 atom stereocenters. The smallest absolute Gasteiger partial charge is 0.252 e. The SMILES string of the molecule is CC(CNC(=O)c1ccc(Br)cc1Br)C(N)=S. The minimum Gasteiger partial charge on any atom is -0.393 e. The van der Waals surface area contributed by atoms with Crippen molar-refractivity contribution in [1.82, 2.24) is 5.32 Å². The van der Waals surface area contributed by atoms with Gasteiger partial charge in [0.1, 0.15) is 0 Å². The third-order valence-corrected chi connectivity index (χ3v) is 3.78. The molecule has 0 bridgehead atoms. The van der Waals surface area contributed by atoms with Crippen molar-refractivity contribution in [1.29, 1.82) is 0 Å². The zero-order chi connectivity index (χ0) is 13.0. The van der Waals surface area contributed by atoms with E-state index in [9.17, 15) is 4.79 Å². The number of carbonyl (C=O) groups is 1. The van der Waals surface area contributed by atoms with Crippen molar-refractivity contribution in [2.75, 3.05) is 6.54 Å². The van der Waals surface area contributed by atoms with Crippen LogP contribution in [0.5, 0.6) is 0 Å². The minimum absolute atomic E-state index is 0.0110. The van der Waals surface area contributed by atoms with Gasteiger partial charge in [0.2, 0.25) is 0 Å². The highest BCUT2D eigenvalue weighted by molar-refractivity contribution is 9.11. The van der Waals surface area contributed by atoms with Gasteiger partial charge in [-0.05, 0) is 34.1 Å². The minimum atomic E-state index is -0.146. The first-order chi connectivity index (χ1) is 7.91. The molecule has 0 aliphatic rings. The topological polar surface area (TPSA) is 55.1 Å². The zero-order valence-corrected chi connectivity index (χ0v) is 13.2. The van der Waals surface area contributed by atoms with Crippen molar-refractivity contribution in [3.05, 3.63) is 32.7 Å². The van der Waals surface area contributed by atoms with Crippen molar-refractivity contribution in [2.45, 2.75) is 6.92 Å². The first-order valence-corrected chi connectivity index (χ1v) is 6.93. The number of carbonyl (C=O) groups excluding carboxylic acids is 1. The van der Waals surface area contributed by atoms with Gasteiger partial charge < -0.3 is 11.1 Å². The molecule has 0 aliphatic carbocycles. The molecule has 3 nitrogen and oxygen atoms in total. The molecule has 0 spiro atoms. The number of amides is 1. The third kappa shape index (κ3) is 4.37. The van der Waals surface area contributed by atoms with Crippen LogP contribution >= 0.6 is 44.1 Å². The summed E-state index contributed by atoms with van der Waals surface area (Å²) in [5.41, 5.74) is 6.06. The average Bonchev–Trinajstić information content (AvgIpc) is 2.25. The van der Waals surface area contributed by atoms with Crippen LogP contribution in [0.4, 0.5) is 0 Å². The van der Waals surface area contributed by atoms with E-state index in [-0.39, 0.29) is 11.8 Å². The standard InChI is InChI=1S/C11H12Br2N2OS/c1-6(10(14)17)5-15-11(16)8-3-2-7(12)4-9(8)13/h2-4,6H,5H2,1H3,(H2,14,17)(H,15,16). The van der Waals surface area contributed by atoms with Crippen LogP contribution in [0.2, 0.25) is 0 Å². The first-order valence-electron chi connectivity index (χ1n) is 4.94. The predicted molar refractivity (Wildman–Crippen MR) is 80.1 cm³/mol. The van der Waals surface area contributed by atoms with E-state index in [1.165, 1.54) is 0 Å². The van der Waals surface area contributed by atoms with E-state index < -0.39 is 0 Å². The lowest BCUT2D eigenvalue weighted by atomic mass is 10.1. The van der Waals surface area contributed by atoms with Gasteiger partial charge >= 0.3 is 0 Å². The number of hydrogen-bond acceptors (Lipinski definition) is 2. The summed E-state index contributed by atoms with van der Waals surface area (Å²) in [5.74, 6) is -0.157. The Bertz CT molecular complexity index is 451. The highest BCUT2D eigenvalue weighted by atomic mass is 79.9. The van der Waals surface area contributed by atoms with E-state index in [2.05, 4.69) is 37.2 Å². The molecular weight excluding hydrogens is 368 g/mol. The second-order valence-corrected chi connectivity index (χ2v) is 5.88. The Balaban J connectivity index is 2.67. The molecule has 0 saturated heterocycles. The van der Waals surface area contributed by atoms with Crippen LogP contribution in [-0.4, -0.2) is 17.4 Å². The molecule has 1 rings (SSSR count). The van der Waals surface area contributed by atoms with Crippen LogP contribution in [-0.2, 0) is 0 Å². The number of hydrogen-bond donors (Lipinski definition) is 2. The molecule has 17 heavy (non-hydrogen) atoms. The molecule has 0 radical (unpaired) electrons. The zero-order valence-electron chi connectivity index (χ0n) is 9.17. The van der Waals surface area contributed by atoms with Gasteiger partial charge in [0.05, 0.1) is 10.6 Å². The number of nitrogens with two attached hydrogens (primary N) is 1. The van der Waals surface area contributed by atoms with Gasteiger partial charge in [-0.2, -0.15) is 0 Å². The van der Waals surface area contributed by atoms with E-state index in [1.54, 1.807) is 6.07 Å². The molecule has 0 saturated carbocycles. The summed E-state index contributed by atoms with van der Waals surface area (Å²) in [7, 11) is 0. The molecule has 0 fully saturated rings. The van der Waals surface area contributed by atoms with Gasteiger partial charge in [0.25, 0.3) is 5.91 Å². The lowest BCUT2D eigenvalue weighted by Gasteiger charge is -2.11. The largest absolute Gasteiger partial charge is 0.393 e. The van der Waals surface area contributed by atoms with Crippen molar-refractivity contribution < 1.29 is 4.79 Å². The molecule has 6 heteroatoms. The molecule has 3 N–H and O–H groups in total. The summed E-state index contributed by atoms with van der Waals surface area (Å²) in [4.78, 5) is 12.3. The molecule has 0 aromatic heterocycles. The molecular formula is C11H12Br2N2OS. The van der Waals surface area contributed by atoms with Crippen LogP contribution in [0.3, 0.4) is 0 Å². The fourth-order valence-corrected chi connectivity index (χ4v) is 2.43. The van der Waals surface area contributed by atoms with Gasteiger partial charge in [0, 0.05) is 21.4 Å². The Morgan fingerprint density at radius 2 is 2.18 bits per heavy atom. The van der Waals surface area contributed by atoms with E-state index in [4.69, 9.17) is 18.0 Å². The Labute approximate surface area is 122 Å². The maximum absolute atomic E-state index is 11.9. The Kier molecular flexibility index (Phi) is 5.55. The van der Waals surface area contributed by atoms with Crippen molar-refractivity contribution in [3.63, 3.8) is 0 Å². The summed E-state index contributed by atoms with van der Waals surface area (Å²) in [6, 6.07) is 5.39. The van der Waals surface area contributed by atoms with Gasteiger partial charge in [-0.15, -0.1) is 0 Å². The molecule has 1 amide bonds. The predicted octanol–water partition coefficient (Wildman–Crippen LogP) is 2.86. The van der Waals surface area contributed by atoms with E-state index in [0.29, 0.717) is 17.1 Å². The summed E-state index contributed by atoms with van der Waals surface area (Å²) < 4.78 is 1.66. The van der Waals surface area contributed by atoms with Crippen LogP contribution in [0.1, 0.15) is 17.3 Å². The lowest BCUT2D eigenvalue weighted by Crippen LogP contribution is -2.33. The fraction of sp³-hybridized carbons (Fsp3) is 0.273. The Hall–Kier alpha value is -0.460. The summed E-state index contributed by atoms with van der Waals surface area (Å²) in [5, 5.41) is 2.79. The van der Waals surface area contributed by atoms with Gasteiger partial charge in [-0.25, -0.2) is 0 Å². The quantitative estimate of drug-likeness (QED) is 0.791. The highest BCUT2D eigenvalue weighted by Crippen LogP contribution is 2.21. The molecule has 0 aliphatic heterocycles. The van der Waals surface area contributed by atoms with Crippen LogP contribution < -0.4 is 11.1 Å². The van der Waals surface area contributed by atoms with Crippen LogP contribution in [0.15, 0.2) is 27.1 Å². The molecule has 1 unspecified atom stereocenters. The van der Waals surface area contributed by atoms with Crippen molar-refractivity contribution in [3.8, 4) is 0 Å². The number of benzene rings is 1. The third-order valence-electron chi connectivity index (χ3n) is 2.23. The molecule has 92 valence electrons. The van der Waals surface area contributed by atoms with Crippen molar-refractivity contribution >= 4 is 55.0 Å². The normalized spacial score (nSPS) is 11.9. The first kappa shape index (κ1) is 14.6.